The van der Waals surface area contributed by atoms with E-state index in [-0.39, 0.29) is 5.91 Å². The van der Waals surface area contributed by atoms with Gasteiger partial charge in [0.2, 0.25) is 5.91 Å². The number of carbonyl (C=O) groups is 1. The minimum Gasteiger partial charge on any atom is -0.469 e. The number of thioether (sulfide) groups is 1. The largest absolute Gasteiger partial charge is 0.469 e. The lowest BCUT2D eigenvalue weighted by molar-refractivity contribution is -0.119. The lowest BCUT2D eigenvalue weighted by atomic mass is 9.95. The fourth-order valence-electron chi connectivity index (χ4n) is 3.15. The van der Waals surface area contributed by atoms with Crippen LogP contribution >= 0.6 is 11.8 Å². The molecule has 0 spiro atoms. The number of carbonyl (C=O) groups excluding carboxylic acids is 1. The molecule has 1 amide bonds. The van der Waals surface area contributed by atoms with Gasteiger partial charge in [0.25, 0.3) is 0 Å². The van der Waals surface area contributed by atoms with Crippen molar-refractivity contribution < 1.29 is 9.21 Å². The predicted molar refractivity (Wildman–Crippen MR) is 98.4 cm³/mol. The number of hydrogen-bond acceptors (Lipinski definition) is 5. The van der Waals surface area contributed by atoms with Gasteiger partial charge in [0.1, 0.15) is 5.76 Å². The van der Waals surface area contributed by atoms with E-state index in [0.717, 1.165) is 30.0 Å². The topological polar surface area (TPSA) is 73.0 Å². The van der Waals surface area contributed by atoms with E-state index >= 15 is 0 Å². The molecule has 134 valence electrons. The third-order valence-corrected chi connectivity index (χ3v) is 5.40. The highest BCUT2D eigenvalue weighted by Gasteiger charge is 2.19. The minimum absolute atomic E-state index is 0.0612. The molecule has 0 aliphatic heterocycles. The van der Waals surface area contributed by atoms with Crippen LogP contribution in [0.1, 0.15) is 37.9 Å². The molecule has 0 aromatic carbocycles. The first-order valence-electron chi connectivity index (χ1n) is 8.69. The Kier molecular flexibility index (Phi) is 5.96. The molecule has 6 nitrogen and oxygen atoms in total. The van der Waals surface area contributed by atoms with E-state index in [1.54, 1.807) is 12.3 Å². The van der Waals surface area contributed by atoms with Gasteiger partial charge in [-0.2, -0.15) is 0 Å². The van der Waals surface area contributed by atoms with Gasteiger partial charge < -0.3 is 9.73 Å². The van der Waals surface area contributed by atoms with Gasteiger partial charge in [0.05, 0.1) is 17.6 Å². The van der Waals surface area contributed by atoms with E-state index in [4.69, 9.17) is 4.42 Å². The number of furan rings is 1. The van der Waals surface area contributed by atoms with Crippen LogP contribution in [-0.4, -0.2) is 32.5 Å². The van der Waals surface area contributed by atoms with E-state index in [2.05, 4.69) is 22.1 Å². The zero-order valence-corrected chi connectivity index (χ0v) is 15.3. The van der Waals surface area contributed by atoms with Crippen LogP contribution in [0.15, 0.2) is 34.6 Å². The first kappa shape index (κ1) is 17.8. The average molecular weight is 360 g/mol. The van der Waals surface area contributed by atoms with E-state index in [9.17, 15) is 4.79 Å². The second-order valence-corrected chi connectivity index (χ2v) is 7.23. The number of rotatable bonds is 7. The Morgan fingerprint density at radius 3 is 2.92 bits per heavy atom. The molecule has 0 unspecified atom stereocenters. The van der Waals surface area contributed by atoms with Gasteiger partial charge in [0.15, 0.2) is 11.0 Å². The van der Waals surface area contributed by atoms with Crippen molar-refractivity contribution in [3.63, 3.8) is 0 Å². The Bertz CT molecular complexity index is 731. The number of amides is 1. The number of allylic oxidation sites excluding steroid dienone is 1. The van der Waals surface area contributed by atoms with E-state index < -0.39 is 0 Å². The van der Waals surface area contributed by atoms with Crippen molar-refractivity contribution >= 4 is 17.7 Å². The highest BCUT2D eigenvalue weighted by molar-refractivity contribution is 7.99. The second-order valence-electron chi connectivity index (χ2n) is 6.29. The third kappa shape index (κ3) is 4.34. The van der Waals surface area contributed by atoms with Gasteiger partial charge in [-0.3, -0.25) is 9.36 Å². The standard InChI is InChI=1S/C18H24N4O2S/c1-3-10-22-17(15-9-11-24-13(15)2)20-21-18(22)25-12-16(23)19-14-7-5-4-6-8-14/h3,9,11,14H,1,4-8,10,12H2,2H3,(H,19,23). The summed E-state index contributed by atoms with van der Waals surface area (Å²) in [7, 11) is 0. The predicted octanol–water partition coefficient (Wildman–Crippen LogP) is 3.57. The number of nitrogens with one attached hydrogen (secondary N) is 1. The van der Waals surface area contributed by atoms with Crippen LogP contribution in [0.3, 0.4) is 0 Å². The molecule has 2 heterocycles. The Morgan fingerprint density at radius 1 is 1.44 bits per heavy atom. The third-order valence-electron chi connectivity index (χ3n) is 4.43. The minimum atomic E-state index is 0.0612. The number of aromatic nitrogens is 3. The maximum atomic E-state index is 12.2. The summed E-state index contributed by atoms with van der Waals surface area (Å²) in [5.41, 5.74) is 0.910. The number of hydrogen-bond donors (Lipinski definition) is 1. The molecule has 7 heteroatoms. The molecular weight excluding hydrogens is 336 g/mol. The SMILES string of the molecule is C=CCn1c(SCC(=O)NC2CCCCC2)nnc1-c1ccoc1C. The summed E-state index contributed by atoms with van der Waals surface area (Å²) in [6, 6.07) is 2.21. The molecule has 0 bridgehead atoms. The zero-order chi connectivity index (χ0) is 17.6. The molecule has 2 aromatic rings. The lowest BCUT2D eigenvalue weighted by Gasteiger charge is -2.22. The van der Waals surface area contributed by atoms with Crippen molar-refractivity contribution in [2.24, 2.45) is 0 Å². The summed E-state index contributed by atoms with van der Waals surface area (Å²) in [5, 5.41) is 12.4. The fraction of sp³-hybridized carbons (Fsp3) is 0.500. The molecule has 3 rings (SSSR count). The molecule has 2 aromatic heterocycles. The summed E-state index contributed by atoms with van der Waals surface area (Å²) in [4.78, 5) is 12.2. The van der Waals surface area contributed by atoms with Crippen molar-refractivity contribution in [3.8, 4) is 11.4 Å². The number of aryl methyl sites for hydroxylation is 1. The van der Waals surface area contributed by atoms with Crippen LogP contribution in [0.2, 0.25) is 0 Å². The average Bonchev–Trinajstić information content (AvgIpc) is 3.20. The molecule has 1 aliphatic carbocycles. The van der Waals surface area contributed by atoms with Gasteiger partial charge in [-0.15, -0.1) is 16.8 Å². The van der Waals surface area contributed by atoms with E-state index in [1.165, 1.54) is 31.0 Å². The molecule has 0 atom stereocenters. The Hall–Kier alpha value is -2.02. The highest BCUT2D eigenvalue weighted by atomic mass is 32.2. The van der Waals surface area contributed by atoms with Gasteiger partial charge >= 0.3 is 0 Å². The Morgan fingerprint density at radius 2 is 2.24 bits per heavy atom. The van der Waals surface area contributed by atoms with Crippen LogP contribution in [0.4, 0.5) is 0 Å². The fourth-order valence-corrected chi connectivity index (χ4v) is 3.91. The first-order chi connectivity index (χ1) is 12.2. The number of nitrogens with zero attached hydrogens (tertiary/aromatic N) is 3. The second kappa shape index (κ2) is 8.38. The van der Waals surface area contributed by atoms with Crippen molar-refractivity contribution in [1.29, 1.82) is 0 Å². The molecule has 1 saturated carbocycles. The van der Waals surface area contributed by atoms with Crippen molar-refractivity contribution in [2.75, 3.05) is 5.75 Å². The molecule has 0 radical (unpaired) electrons. The van der Waals surface area contributed by atoms with Crippen LogP contribution in [0, 0.1) is 6.92 Å². The molecule has 1 fully saturated rings. The highest BCUT2D eigenvalue weighted by Crippen LogP contribution is 2.27. The lowest BCUT2D eigenvalue weighted by Crippen LogP contribution is -2.37. The van der Waals surface area contributed by atoms with Crippen LogP contribution in [0.25, 0.3) is 11.4 Å². The van der Waals surface area contributed by atoms with Gasteiger partial charge in [-0.25, -0.2) is 0 Å². The zero-order valence-electron chi connectivity index (χ0n) is 14.5. The van der Waals surface area contributed by atoms with Crippen molar-refractivity contribution in [2.45, 2.75) is 56.8 Å². The summed E-state index contributed by atoms with van der Waals surface area (Å²) in [6.45, 7) is 6.28. The molecule has 1 N–H and O–H groups in total. The molecule has 1 aliphatic rings. The smallest absolute Gasteiger partial charge is 0.230 e. The quantitative estimate of drug-likeness (QED) is 0.603. The van der Waals surface area contributed by atoms with Gasteiger partial charge in [-0.05, 0) is 25.8 Å². The summed E-state index contributed by atoms with van der Waals surface area (Å²) >= 11 is 1.41. The molecule has 25 heavy (non-hydrogen) atoms. The summed E-state index contributed by atoms with van der Waals surface area (Å²) in [6.07, 6.45) is 9.32. The summed E-state index contributed by atoms with van der Waals surface area (Å²) in [5.74, 6) is 1.94. The monoisotopic (exact) mass is 360 g/mol. The Labute approximate surface area is 152 Å². The van der Waals surface area contributed by atoms with Gasteiger partial charge in [0, 0.05) is 12.6 Å². The van der Waals surface area contributed by atoms with Crippen LogP contribution in [-0.2, 0) is 11.3 Å². The van der Waals surface area contributed by atoms with Crippen molar-refractivity contribution in [3.05, 3.63) is 30.7 Å². The Balaban J connectivity index is 1.65. The maximum absolute atomic E-state index is 12.2. The van der Waals surface area contributed by atoms with Crippen LogP contribution in [0.5, 0.6) is 0 Å². The van der Waals surface area contributed by atoms with E-state index in [0.29, 0.717) is 23.5 Å². The van der Waals surface area contributed by atoms with E-state index in [1.807, 2.05) is 17.6 Å². The molecule has 0 saturated heterocycles. The normalized spacial score (nSPS) is 15.2. The maximum Gasteiger partial charge on any atom is 0.230 e. The first-order valence-corrected chi connectivity index (χ1v) is 9.68. The summed E-state index contributed by atoms with van der Waals surface area (Å²) < 4.78 is 7.33. The van der Waals surface area contributed by atoms with Gasteiger partial charge in [-0.1, -0.05) is 37.1 Å². The van der Waals surface area contributed by atoms with Crippen LogP contribution < -0.4 is 5.32 Å². The molecular formula is C18H24N4O2S. The van der Waals surface area contributed by atoms with Crippen molar-refractivity contribution in [1.82, 2.24) is 20.1 Å².